The number of nitrogens with zero attached hydrogens (tertiary/aromatic N) is 1. The summed E-state index contributed by atoms with van der Waals surface area (Å²) in [4.78, 5) is 27.7. The molecule has 2 heterocycles. The molecule has 5 heteroatoms. The maximum atomic E-state index is 12.1. The molecule has 2 rings (SSSR count). The Morgan fingerprint density at radius 2 is 2.29 bits per heavy atom. The molecular weight excluding hydrogens is 220 g/mol. The molecule has 2 N–H and O–H groups in total. The normalized spacial score (nSPS) is 24.6. The molecule has 1 unspecified atom stereocenters. The molecule has 1 aliphatic rings. The highest BCUT2D eigenvalue weighted by atomic mass is 16.4. The van der Waals surface area contributed by atoms with E-state index in [1.807, 2.05) is 0 Å². The van der Waals surface area contributed by atoms with Gasteiger partial charge in [0.25, 0.3) is 5.91 Å². The lowest BCUT2D eigenvalue weighted by atomic mass is 9.82. The predicted octanol–water partition coefficient (Wildman–Crippen LogP) is 1.34. The molecule has 1 amide bonds. The van der Waals surface area contributed by atoms with Crippen LogP contribution < -0.4 is 0 Å². The molecule has 0 aromatic carbocycles. The van der Waals surface area contributed by atoms with Crippen LogP contribution in [0.2, 0.25) is 0 Å². The summed E-state index contributed by atoms with van der Waals surface area (Å²) >= 11 is 0. The van der Waals surface area contributed by atoms with Crippen LogP contribution in [0.4, 0.5) is 0 Å². The van der Waals surface area contributed by atoms with Gasteiger partial charge in [-0.05, 0) is 31.9 Å². The summed E-state index contributed by atoms with van der Waals surface area (Å²) in [6.07, 6.45) is 3.04. The number of carboxylic acids is 1. The SMILES string of the molecule is CC1(C(=O)O)CCCN(C(=O)c2ccc[nH]2)C1. The van der Waals surface area contributed by atoms with E-state index in [0.29, 0.717) is 18.7 Å². The average molecular weight is 236 g/mol. The average Bonchev–Trinajstić information content (AvgIpc) is 2.81. The number of H-pyrrole nitrogens is 1. The molecule has 1 aromatic rings. The molecule has 1 atom stereocenters. The Balaban J connectivity index is 2.13. The smallest absolute Gasteiger partial charge is 0.311 e. The maximum Gasteiger partial charge on any atom is 0.311 e. The first kappa shape index (κ1) is 11.7. The Bertz CT molecular complexity index is 427. The predicted molar refractivity (Wildman–Crippen MR) is 61.7 cm³/mol. The van der Waals surface area contributed by atoms with Crippen molar-refractivity contribution in [3.8, 4) is 0 Å². The number of amides is 1. The van der Waals surface area contributed by atoms with Gasteiger partial charge in [0.15, 0.2) is 0 Å². The molecule has 0 aliphatic carbocycles. The van der Waals surface area contributed by atoms with Crippen molar-refractivity contribution in [3.63, 3.8) is 0 Å². The van der Waals surface area contributed by atoms with Crippen LogP contribution in [-0.4, -0.2) is 40.0 Å². The van der Waals surface area contributed by atoms with Crippen molar-refractivity contribution in [1.29, 1.82) is 0 Å². The van der Waals surface area contributed by atoms with Crippen molar-refractivity contribution < 1.29 is 14.7 Å². The summed E-state index contributed by atoms with van der Waals surface area (Å²) in [6, 6.07) is 3.46. The first-order chi connectivity index (χ1) is 8.03. The Labute approximate surface area is 99.4 Å². The van der Waals surface area contributed by atoms with E-state index >= 15 is 0 Å². The number of carbonyl (C=O) groups is 2. The number of hydrogen-bond acceptors (Lipinski definition) is 2. The third-order valence-corrected chi connectivity index (χ3v) is 3.33. The van der Waals surface area contributed by atoms with Crippen LogP contribution in [0, 0.1) is 5.41 Å². The lowest BCUT2D eigenvalue weighted by molar-refractivity contribution is -0.150. The van der Waals surface area contributed by atoms with Gasteiger partial charge in [-0.3, -0.25) is 9.59 Å². The monoisotopic (exact) mass is 236 g/mol. The number of rotatable bonds is 2. The Morgan fingerprint density at radius 1 is 1.53 bits per heavy atom. The van der Waals surface area contributed by atoms with Crippen molar-refractivity contribution in [3.05, 3.63) is 24.0 Å². The van der Waals surface area contributed by atoms with Crippen LogP contribution >= 0.6 is 0 Å². The number of carboxylic acid groups (broad SMARTS) is 1. The Hall–Kier alpha value is -1.78. The summed E-state index contributed by atoms with van der Waals surface area (Å²) in [7, 11) is 0. The number of hydrogen-bond donors (Lipinski definition) is 2. The van der Waals surface area contributed by atoms with E-state index in [1.165, 1.54) is 0 Å². The summed E-state index contributed by atoms with van der Waals surface area (Å²) in [5.41, 5.74) is -0.305. The number of aliphatic carboxylic acids is 1. The molecule has 1 aliphatic heterocycles. The van der Waals surface area contributed by atoms with E-state index < -0.39 is 11.4 Å². The van der Waals surface area contributed by atoms with Gasteiger partial charge in [-0.15, -0.1) is 0 Å². The minimum atomic E-state index is -0.832. The molecular formula is C12H16N2O3. The van der Waals surface area contributed by atoms with Gasteiger partial charge in [0.05, 0.1) is 5.41 Å². The number of piperidine rings is 1. The number of nitrogens with one attached hydrogen (secondary N) is 1. The first-order valence-electron chi connectivity index (χ1n) is 5.69. The van der Waals surface area contributed by atoms with E-state index in [-0.39, 0.29) is 12.5 Å². The number of aromatic amines is 1. The van der Waals surface area contributed by atoms with Crippen LogP contribution in [0.1, 0.15) is 30.3 Å². The largest absolute Gasteiger partial charge is 0.481 e. The first-order valence-corrected chi connectivity index (χ1v) is 5.69. The van der Waals surface area contributed by atoms with Gasteiger partial charge in [0, 0.05) is 19.3 Å². The van der Waals surface area contributed by atoms with Gasteiger partial charge in [-0.2, -0.15) is 0 Å². The van der Waals surface area contributed by atoms with Crippen molar-refractivity contribution in [1.82, 2.24) is 9.88 Å². The molecule has 5 nitrogen and oxygen atoms in total. The van der Waals surface area contributed by atoms with Crippen molar-refractivity contribution >= 4 is 11.9 Å². The summed E-state index contributed by atoms with van der Waals surface area (Å²) in [5, 5.41) is 9.18. The number of aromatic nitrogens is 1. The van der Waals surface area contributed by atoms with Crippen LogP contribution in [0.5, 0.6) is 0 Å². The van der Waals surface area contributed by atoms with Gasteiger partial charge >= 0.3 is 5.97 Å². The number of carbonyl (C=O) groups excluding carboxylic acids is 1. The fraction of sp³-hybridized carbons (Fsp3) is 0.500. The highest BCUT2D eigenvalue weighted by Gasteiger charge is 2.39. The van der Waals surface area contributed by atoms with Crippen LogP contribution in [-0.2, 0) is 4.79 Å². The molecule has 0 radical (unpaired) electrons. The van der Waals surface area contributed by atoms with Gasteiger partial charge < -0.3 is 15.0 Å². The Kier molecular flexibility index (Phi) is 2.92. The van der Waals surface area contributed by atoms with Crippen LogP contribution in [0.25, 0.3) is 0 Å². The third-order valence-electron chi connectivity index (χ3n) is 3.33. The zero-order chi connectivity index (χ0) is 12.5. The lowest BCUT2D eigenvalue weighted by Gasteiger charge is -2.37. The zero-order valence-corrected chi connectivity index (χ0v) is 9.77. The standard InChI is InChI=1S/C12H16N2O3/c1-12(11(16)17)5-3-7-14(8-12)10(15)9-4-2-6-13-9/h2,4,6,13H,3,5,7-8H2,1H3,(H,16,17). The van der Waals surface area contributed by atoms with Crippen molar-refractivity contribution in [2.45, 2.75) is 19.8 Å². The van der Waals surface area contributed by atoms with E-state index in [1.54, 1.807) is 30.2 Å². The minimum Gasteiger partial charge on any atom is -0.481 e. The zero-order valence-electron chi connectivity index (χ0n) is 9.77. The topological polar surface area (TPSA) is 73.4 Å². The van der Waals surface area contributed by atoms with E-state index in [4.69, 9.17) is 0 Å². The fourth-order valence-corrected chi connectivity index (χ4v) is 2.22. The molecule has 0 saturated carbocycles. The summed E-state index contributed by atoms with van der Waals surface area (Å²) in [6.45, 7) is 2.60. The molecule has 1 saturated heterocycles. The van der Waals surface area contributed by atoms with E-state index in [2.05, 4.69) is 4.98 Å². The minimum absolute atomic E-state index is 0.123. The highest BCUT2D eigenvalue weighted by molar-refractivity contribution is 5.93. The number of likely N-dealkylation sites (tertiary alicyclic amines) is 1. The quantitative estimate of drug-likeness (QED) is 0.813. The maximum absolute atomic E-state index is 12.1. The highest BCUT2D eigenvalue weighted by Crippen LogP contribution is 2.30. The lowest BCUT2D eigenvalue weighted by Crippen LogP contribution is -2.48. The molecule has 0 spiro atoms. The third kappa shape index (κ3) is 2.18. The second kappa shape index (κ2) is 4.24. The van der Waals surface area contributed by atoms with Gasteiger partial charge in [0.1, 0.15) is 5.69 Å². The molecule has 1 aromatic heterocycles. The Morgan fingerprint density at radius 3 is 2.88 bits per heavy atom. The second-order valence-electron chi connectivity index (χ2n) is 4.78. The molecule has 1 fully saturated rings. The second-order valence-corrected chi connectivity index (χ2v) is 4.78. The van der Waals surface area contributed by atoms with Crippen molar-refractivity contribution in [2.75, 3.05) is 13.1 Å². The van der Waals surface area contributed by atoms with Crippen molar-refractivity contribution in [2.24, 2.45) is 5.41 Å². The molecule has 0 bridgehead atoms. The summed E-state index contributed by atoms with van der Waals surface area (Å²) in [5.74, 6) is -0.955. The van der Waals surface area contributed by atoms with E-state index in [9.17, 15) is 14.7 Å². The fourth-order valence-electron chi connectivity index (χ4n) is 2.22. The van der Waals surface area contributed by atoms with Gasteiger partial charge in [-0.25, -0.2) is 0 Å². The van der Waals surface area contributed by atoms with Crippen LogP contribution in [0.3, 0.4) is 0 Å². The molecule has 17 heavy (non-hydrogen) atoms. The van der Waals surface area contributed by atoms with E-state index in [0.717, 1.165) is 6.42 Å². The van der Waals surface area contributed by atoms with Gasteiger partial charge in [0.2, 0.25) is 0 Å². The van der Waals surface area contributed by atoms with Gasteiger partial charge in [-0.1, -0.05) is 0 Å². The summed E-state index contributed by atoms with van der Waals surface area (Å²) < 4.78 is 0. The van der Waals surface area contributed by atoms with Crippen LogP contribution in [0.15, 0.2) is 18.3 Å². The molecule has 92 valence electrons.